The number of aliphatic imine (C=N–C) groups is 1. The Morgan fingerprint density at radius 1 is 1.07 bits per heavy atom. The molecule has 1 saturated carbocycles. The van der Waals surface area contributed by atoms with Gasteiger partial charge in [0.05, 0.1) is 6.61 Å². The van der Waals surface area contributed by atoms with E-state index in [1.807, 2.05) is 7.05 Å². The zero-order valence-corrected chi connectivity index (χ0v) is 19.9. The van der Waals surface area contributed by atoms with Crippen LogP contribution in [0.25, 0.3) is 0 Å². The molecule has 6 heteroatoms. The van der Waals surface area contributed by atoms with Crippen molar-refractivity contribution in [2.45, 2.75) is 31.7 Å². The summed E-state index contributed by atoms with van der Waals surface area (Å²) in [5.41, 5.74) is 3.94. The average molecular weight is 509 g/mol. The first-order chi connectivity index (χ1) is 13.7. The zero-order valence-electron chi connectivity index (χ0n) is 17.5. The lowest BCUT2D eigenvalue weighted by Gasteiger charge is -2.19. The lowest BCUT2D eigenvalue weighted by molar-refractivity contribution is 0.145. The highest BCUT2D eigenvalue weighted by Gasteiger charge is 2.43. The van der Waals surface area contributed by atoms with E-state index in [0.717, 1.165) is 23.8 Å². The molecule has 0 atom stereocenters. The lowest BCUT2D eigenvalue weighted by atomic mass is 9.96. The molecule has 29 heavy (non-hydrogen) atoms. The van der Waals surface area contributed by atoms with Gasteiger partial charge in [-0.05, 0) is 37.0 Å². The van der Waals surface area contributed by atoms with Crippen molar-refractivity contribution >= 4 is 29.9 Å². The van der Waals surface area contributed by atoms with Crippen LogP contribution in [0.3, 0.4) is 0 Å². The minimum Gasteiger partial charge on any atom is -0.491 e. The first-order valence-corrected chi connectivity index (χ1v) is 9.88. The quantitative estimate of drug-likeness (QED) is 0.232. The van der Waals surface area contributed by atoms with E-state index in [1.54, 1.807) is 7.11 Å². The zero-order chi connectivity index (χ0) is 19.8. The largest absolute Gasteiger partial charge is 0.491 e. The molecule has 0 amide bonds. The third-order valence-corrected chi connectivity index (χ3v) is 5.27. The van der Waals surface area contributed by atoms with Gasteiger partial charge in [-0.3, -0.25) is 4.99 Å². The van der Waals surface area contributed by atoms with Crippen LogP contribution in [0.5, 0.6) is 5.75 Å². The molecular formula is C23H32IN3O2. The molecular weight excluding hydrogens is 477 g/mol. The van der Waals surface area contributed by atoms with Crippen LogP contribution in [-0.4, -0.2) is 39.9 Å². The third-order valence-electron chi connectivity index (χ3n) is 5.27. The van der Waals surface area contributed by atoms with Crippen molar-refractivity contribution in [2.75, 3.05) is 33.9 Å². The number of halogens is 1. The molecule has 1 aliphatic carbocycles. The summed E-state index contributed by atoms with van der Waals surface area (Å²) in [6.45, 7) is 4.73. The maximum Gasteiger partial charge on any atom is 0.191 e. The molecule has 1 fully saturated rings. The van der Waals surface area contributed by atoms with Gasteiger partial charge >= 0.3 is 0 Å². The third kappa shape index (κ3) is 6.60. The molecule has 0 bridgehead atoms. The molecule has 0 aliphatic heterocycles. The van der Waals surface area contributed by atoms with Crippen LogP contribution in [0.2, 0.25) is 0 Å². The van der Waals surface area contributed by atoms with Crippen LogP contribution in [-0.2, 0) is 16.7 Å². The van der Waals surface area contributed by atoms with E-state index < -0.39 is 0 Å². The Hall–Kier alpha value is -1.80. The summed E-state index contributed by atoms with van der Waals surface area (Å²) < 4.78 is 11.0. The molecule has 0 aromatic heterocycles. The number of aryl methyl sites for hydroxylation is 1. The van der Waals surface area contributed by atoms with Gasteiger partial charge in [0.25, 0.3) is 0 Å². The summed E-state index contributed by atoms with van der Waals surface area (Å²) in [4.78, 5) is 4.38. The van der Waals surface area contributed by atoms with E-state index in [2.05, 4.69) is 71.1 Å². The number of hydrogen-bond acceptors (Lipinski definition) is 3. The standard InChI is InChI=1S/C23H31N3O2.HI/c1-18-9-10-19(21(15-18)28-14-13-27-3)16-25-22(24-2)26-17-23(11-12-23)20-7-5-4-6-8-20;/h4-10,15H,11-14,16-17H2,1-3H3,(H2,24,25,26);1H. The fraction of sp³-hybridized carbons (Fsp3) is 0.435. The fourth-order valence-corrected chi connectivity index (χ4v) is 3.34. The lowest BCUT2D eigenvalue weighted by Crippen LogP contribution is -2.41. The maximum absolute atomic E-state index is 5.88. The van der Waals surface area contributed by atoms with Gasteiger partial charge in [0.15, 0.2) is 5.96 Å². The van der Waals surface area contributed by atoms with E-state index in [1.165, 1.54) is 24.0 Å². The van der Waals surface area contributed by atoms with Gasteiger partial charge < -0.3 is 20.1 Å². The number of nitrogens with zero attached hydrogens (tertiary/aromatic N) is 1. The summed E-state index contributed by atoms with van der Waals surface area (Å²) in [7, 11) is 3.49. The van der Waals surface area contributed by atoms with E-state index in [4.69, 9.17) is 9.47 Å². The molecule has 0 spiro atoms. The smallest absolute Gasteiger partial charge is 0.191 e. The first kappa shape index (κ1) is 23.5. The van der Waals surface area contributed by atoms with Crippen molar-refractivity contribution in [3.8, 4) is 5.75 Å². The van der Waals surface area contributed by atoms with Crippen LogP contribution in [0.4, 0.5) is 0 Å². The van der Waals surface area contributed by atoms with Crippen molar-refractivity contribution in [1.29, 1.82) is 0 Å². The molecule has 2 aromatic rings. The molecule has 5 nitrogen and oxygen atoms in total. The Labute approximate surface area is 191 Å². The Bertz CT molecular complexity index is 792. The highest BCUT2D eigenvalue weighted by molar-refractivity contribution is 14.0. The van der Waals surface area contributed by atoms with Gasteiger partial charge in [0.2, 0.25) is 0 Å². The van der Waals surface area contributed by atoms with Gasteiger partial charge in [-0.2, -0.15) is 0 Å². The number of nitrogens with one attached hydrogen (secondary N) is 2. The van der Waals surface area contributed by atoms with Crippen molar-refractivity contribution in [3.63, 3.8) is 0 Å². The fourth-order valence-electron chi connectivity index (χ4n) is 3.34. The molecule has 1 aliphatic rings. The maximum atomic E-state index is 5.88. The molecule has 158 valence electrons. The summed E-state index contributed by atoms with van der Waals surface area (Å²) in [6.07, 6.45) is 2.44. The normalized spacial score (nSPS) is 14.7. The molecule has 2 N–H and O–H groups in total. The predicted molar refractivity (Wildman–Crippen MR) is 130 cm³/mol. The van der Waals surface area contributed by atoms with Crippen molar-refractivity contribution in [3.05, 3.63) is 65.2 Å². The molecule has 0 unspecified atom stereocenters. The topological polar surface area (TPSA) is 54.9 Å². The Morgan fingerprint density at radius 3 is 2.48 bits per heavy atom. The Morgan fingerprint density at radius 2 is 1.83 bits per heavy atom. The average Bonchev–Trinajstić information content (AvgIpc) is 3.51. The Kier molecular flexibility index (Phi) is 9.23. The van der Waals surface area contributed by atoms with Crippen LogP contribution in [0, 0.1) is 6.92 Å². The highest BCUT2D eigenvalue weighted by Crippen LogP contribution is 2.47. The molecule has 0 radical (unpaired) electrons. The van der Waals surface area contributed by atoms with Crippen molar-refractivity contribution in [1.82, 2.24) is 10.6 Å². The van der Waals surface area contributed by atoms with Crippen LogP contribution in [0.15, 0.2) is 53.5 Å². The summed E-state index contributed by atoms with van der Waals surface area (Å²) in [6, 6.07) is 17.0. The van der Waals surface area contributed by atoms with E-state index in [0.29, 0.717) is 19.8 Å². The van der Waals surface area contributed by atoms with Gasteiger partial charge in [-0.25, -0.2) is 0 Å². The minimum absolute atomic E-state index is 0. The van der Waals surface area contributed by atoms with Gasteiger partial charge in [0, 0.05) is 38.2 Å². The minimum atomic E-state index is 0. The monoisotopic (exact) mass is 509 g/mol. The second-order valence-electron chi connectivity index (χ2n) is 7.38. The van der Waals surface area contributed by atoms with Gasteiger partial charge in [0.1, 0.15) is 12.4 Å². The molecule has 0 saturated heterocycles. The van der Waals surface area contributed by atoms with Gasteiger partial charge in [-0.1, -0.05) is 42.5 Å². The van der Waals surface area contributed by atoms with Crippen LogP contribution >= 0.6 is 24.0 Å². The van der Waals surface area contributed by atoms with Crippen molar-refractivity contribution in [2.24, 2.45) is 4.99 Å². The van der Waals surface area contributed by atoms with E-state index in [9.17, 15) is 0 Å². The second-order valence-corrected chi connectivity index (χ2v) is 7.38. The van der Waals surface area contributed by atoms with Crippen LogP contribution < -0.4 is 15.4 Å². The number of rotatable bonds is 9. The first-order valence-electron chi connectivity index (χ1n) is 9.88. The number of benzene rings is 2. The van der Waals surface area contributed by atoms with Crippen molar-refractivity contribution < 1.29 is 9.47 Å². The van der Waals surface area contributed by atoms with E-state index >= 15 is 0 Å². The SMILES string of the molecule is CN=C(NCc1ccc(C)cc1OCCOC)NCC1(c2ccccc2)CC1.I. The highest BCUT2D eigenvalue weighted by atomic mass is 127. The van der Waals surface area contributed by atoms with Crippen LogP contribution in [0.1, 0.15) is 29.5 Å². The number of hydrogen-bond donors (Lipinski definition) is 2. The van der Waals surface area contributed by atoms with Gasteiger partial charge in [-0.15, -0.1) is 24.0 Å². The Balaban J connectivity index is 0.00000300. The second kappa shape index (κ2) is 11.4. The number of ether oxygens (including phenoxy) is 2. The number of methoxy groups -OCH3 is 1. The summed E-state index contributed by atoms with van der Waals surface area (Å²) in [5, 5.41) is 6.92. The number of guanidine groups is 1. The molecule has 3 rings (SSSR count). The summed E-state index contributed by atoms with van der Waals surface area (Å²) >= 11 is 0. The van der Waals surface area contributed by atoms with E-state index in [-0.39, 0.29) is 29.4 Å². The molecule has 0 heterocycles. The summed E-state index contributed by atoms with van der Waals surface area (Å²) in [5.74, 6) is 1.70. The predicted octanol–water partition coefficient (Wildman–Crippen LogP) is 4.04. The molecule has 2 aromatic carbocycles.